The van der Waals surface area contributed by atoms with E-state index in [2.05, 4.69) is 5.32 Å². The Hall–Kier alpha value is -1.55. The summed E-state index contributed by atoms with van der Waals surface area (Å²) in [7, 11) is 1.64. The quantitative estimate of drug-likeness (QED) is 0.744. The molecule has 0 spiro atoms. The van der Waals surface area contributed by atoms with Crippen LogP contribution in [0.3, 0.4) is 0 Å². The number of methoxy groups -OCH3 is 1. The number of rotatable bonds is 8. The number of hydrogen-bond donors (Lipinski definition) is 1. The first-order chi connectivity index (χ1) is 9.52. The minimum absolute atomic E-state index is 0.0562. The normalized spacial score (nSPS) is 12.2. The summed E-state index contributed by atoms with van der Waals surface area (Å²) in [4.78, 5) is 11.8. The molecule has 4 nitrogen and oxygen atoms in total. The molecule has 20 heavy (non-hydrogen) atoms. The Labute approximate surface area is 121 Å². The first kappa shape index (κ1) is 16.5. The number of amides is 1. The number of carbonyl (C=O) groups is 1. The lowest BCUT2D eigenvalue weighted by atomic mass is 9.97. The molecule has 1 rings (SSSR count). The summed E-state index contributed by atoms with van der Waals surface area (Å²) in [5, 5.41) is 2.87. The fraction of sp³-hybridized carbons (Fsp3) is 0.562. The van der Waals surface area contributed by atoms with Crippen molar-refractivity contribution < 1.29 is 14.3 Å². The molecule has 0 bridgehead atoms. The van der Waals surface area contributed by atoms with Crippen molar-refractivity contribution in [3.63, 3.8) is 0 Å². The van der Waals surface area contributed by atoms with Gasteiger partial charge in [0.05, 0.1) is 19.8 Å². The van der Waals surface area contributed by atoms with E-state index in [0.29, 0.717) is 19.6 Å². The van der Waals surface area contributed by atoms with Crippen LogP contribution >= 0.6 is 0 Å². The number of carbonyl (C=O) groups excluding carboxylic acids is 1. The van der Waals surface area contributed by atoms with E-state index in [4.69, 9.17) is 9.47 Å². The lowest BCUT2D eigenvalue weighted by molar-refractivity contribution is -0.121. The van der Waals surface area contributed by atoms with Gasteiger partial charge >= 0.3 is 0 Å². The highest BCUT2D eigenvalue weighted by Gasteiger charge is 2.11. The Morgan fingerprint density at radius 1 is 1.20 bits per heavy atom. The molecular weight excluding hydrogens is 254 g/mol. The zero-order valence-corrected chi connectivity index (χ0v) is 12.8. The van der Waals surface area contributed by atoms with Crippen LogP contribution in [0.2, 0.25) is 0 Å². The molecule has 0 heterocycles. The Morgan fingerprint density at radius 3 is 2.40 bits per heavy atom. The predicted octanol–water partition coefficient (Wildman–Crippen LogP) is 2.73. The molecule has 1 unspecified atom stereocenters. The standard InChI is InChI=1S/C16H25NO3/c1-12(2)20-10-9-17-16(18)11-13(3)14-5-7-15(19-4)8-6-14/h5-8,12-13H,9-11H2,1-4H3,(H,17,18). The van der Waals surface area contributed by atoms with Crippen molar-refractivity contribution in [3.8, 4) is 5.75 Å². The third-order valence-corrected chi connectivity index (χ3v) is 3.05. The molecule has 1 N–H and O–H groups in total. The Balaban J connectivity index is 2.33. The number of nitrogens with one attached hydrogen (secondary N) is 1. The van der Waals surface area contributed by atoms with Gasteiger partial charge in [0.1, 0.15) is 5.75 Å². The van der Waals surface area contributed by atoms with Crippen LogP contribution in [0.5, 0.6) is 5.75 Å². The van der Waals surface area contributed by atoms with Crippen molar-refractivity contribution in [1.29, 1.82) is 0 Å². The summed E-state index contributed by atoms with van der Waals surface area (Å²) < 4.78 is 10.5. The summed E-state index contributed by atoms with van der Waals surface area (Å²) >= 11 is 0. The highest BCUT2D eigenvalue weighted by atomic mass is 16.5. The van der Waals surface area contributed by atoms with Crippen LogP contribution < -0.4 is 10.1 Å². The molecule has 112 valence electrons. The third-order valence-electron chi connectivity index (χ3n) is 3.05. The Morgan fingerprint density at radius 2 is 1.85 bits per heavy atom. The maximum atomic E-state index is 11.8. The van der Waals surface area contributed by atoms with E-state index >= 15 is 0 Å². The largest absolute Gasteiger partial charge is 0.497 e. The predicted molar refractivity (Wildman–Crippen MR) is 80.1 cm³/mol. The molecule has 1 atom stereocenters. The highest BCUT2D eigenvalue weighted by molar-refractivity contribution is 5.76. The molecular formula is C16H25NO3. The van der Waals surface area contributed by atoms with E-state index < -0.39 is 0 Å². The van der Waals surface area contributed by atoms with Crippen molar-refractivity contribution in [2.24, 2.45) is 0 Å². The van der Waals surface area contributed by atoms with E-state index in [1.165, 1.54) is 0 Å². The molecule has 0 saturated heterocycles. The monoisotopic (exact) mass is 279 g/mol. The molecule has 4 heteroatoms. The fourth-order valence-corrected chi connectivity index (χ4v) is 1.89. The average Bonchev–Trinajstić information content (AvgIpc) is 2.43. The van der Waals surface area contributed by atoms with Crippen LogP contribution in [0, 0.1) is 0 Å². The van der Waals surface area contributed by atoms with Crippen LogP contribution in [-0.4, -0.2) is 32.3 Å². The molecule has 0 aromatic heterocycles. The second kappa shape index (κ2) is 8.59. The van der Waals surface area contributed by atoms with Gasteiger partial charge in [-0.15, -0.1) is 0 Å². The van der Waals surface area contributed by atoms with E-state index in [9.17, 15) is 4.79 Å². The van der Waals surface area contributed by atoms with Gasteiger partial charge in [-0.2, -0.15) is 0 Å². The van der Waals surface area contributed by atoms with Crippen molar-refractivity contribution in [2.45, 2.75) is 39.2 Å². The van der Waals surface area contributed by atoms with Gasteiger partial charge in [0.2, 0.25) is 5.91 Å². The van der Waals surface area contributed by atoms with E-state index in [0.717, 1.165) is 11.3 Å². The van der Waals surface area contributed by atoms with Gasteiger partial charge in [-0.1, -0.05) is 19.1 Å². The summed E-state index contributed by atoms with van der Waals surface area (Å²) in [5.41, 5.74) is 1.14. The number of benzene rings is 1. The maximum Gasteiger partial charge on any atom is 0.220 e. The van der Waals surface area contributed by atoms with Crippen molar-refractivity contribution in [3.05, 3.63) is 29.8 Å². The van der Waals surface area contributed by atoms with Crippen LogP contribution in [0.15, 0.2) is 24.3 Å². The summed E-state index contributed by atoms with van der Waals surface area (Å²) in [6.45, 7) is 7.12. The highest BCUT2D eigenvalue weighted by Crippen LogP contribution is 2.21. The minimum Gasteiger partial charge on any atom is -0.497 e. The Kier molecular flexibility index (Phi) is 7.09. The average molecular weight is 279 g/mol. The molecule has 1 aromatic rings. The summed E-state index contributed by atoms with van der Waals surface area (Å²) in [6, 6.07) is 7.83. The van der Waals surface area contributed by atoms with E-state index in [-0.39, 0.29) is 17.9 Å². The second-order valence-corrected chi connectivity index (χ2v) is 5.15. The van der Waals surface area contributed by atoms with Crippen LogP contribution in [-0.2, 0) is 9.53 Å². The maximum absolute atomic E-state index is 11.8. The number of ether oxygens (including phenoxy) is 2. The Bertz CT molecular complexity index is 401. The molecule has 0 fully saturated rings. The second-order valence-electron chi connectivity index (χ2n) is 5.15. The van der Waals surface area contributed by atoms with Gasteiger partial charge < -0.3 is 14.8 Å². The molecule has 0 radical (unpaired) electrons. The lowest BCUT2D eigenvalue weighted by Crippen LogP contribution is -2.28. The summed E-state index contributed by atoms with van der Waals surface area (Å²) in [5.74, 6) is 1.07. The third kappa shape index (κ3) is 6.06. The SMILES string of the molecule is COc1ccc(C(C)CC(=O)NCCOC(C)C)cc1. The van der Waals surface area contributed by atoms with E-state index in [1.807, 2.05) is 45.0 Å². The summed E-state index contributed by atoms with van der Waals surface area (Å²) in [6.07, 6.45) is 0.679. The zero-order valence-electron chi connectivity index (χ0n) is 12.8. The first-order valence-corrected chi connectivity index (χ1v) is 7.05. The van der Waals surface area contributed by atoms with Crippen LogP contribution in [0.1, 0.15) is 38.7 Å². The van der Waals surface area contributed by atoms with Crippen molar-refractivity contribution >= 4 is 5.91 Å². The lowest BCUT2D eigenvalue weighted by Gasteiger charge is -2.13. The van der Waals surface area contributed by atoms with Gasteiger partial charge in [-0.3, -0.25) is 4.79 Å². The molecule has 1 aromatic carbocycles. The van der Waals surface area contributed by atoms with Gasteiger partial charge in [0, 0.05) is 13.0 Å². The molecule has 0 saturated carbocycles. The van der Waals surface area contributed by atoms with Gasteiger partial charge in [0.15, 0.2) is 0 Å². The molecule has 0 aliphatic carbocycles. The smallest absolute Gasteiger partial charge is 0.220 e. The van der Waals surface area contributed by atoms with Gasteiger partial charge in [-0.05, 0) is 37.5 Å². The topological polar surface area (TPSA) is 47.6 Å². The number of hydrogen-bond acceptors (Lipinski definition) is 3. The molecule has 0 aliphatic heterocycles. The van der Waals surface area contributed by atoms with Crippen LogP contribution in [0.4, 0.5) is 0 Å². The molecule has 1 amide bonds. The van der Waals surface area contributed by atoms with E-state index in [1.54, 1.807) is 7.11 Å². The van der Waals surface area contributed by atoms with Gasteiger partial charge in [-0.25, -0.2) is 0 Å². The molecule has 0 aliphatic rings. The first-order valence-electron chi connectivity index (χ1n) is 7.05. The van der Waals surface area contributed by atoms with Crippen molar-refractivity contribution in [2.75, 3.05) is 20.3 Å². The van der Waals surface area contributed by atoms with Gasteiger partial charge in [0.25, 0.3) is 0 Å². The minimum atomic E-state index is 0.0562. The van der Waals surface area contributed by atoms with Crippen molar-refractivity contribution in [1.82, 2.24) is 5.32 Å². The van der Waals surface area contributed by atoms with Crippen LogP contribution in [0.25, 0.3) is 0 Å². The fourth-order valence-electron chi connectivity index (χ4n) is 1.89. The zero-order chi connectivity index (χ0) is 15.0.